The van der Waals surface area contributed by atoms with E-state index < -0.39 is 5.91 Å². The molecule has 0 radical (unpaired) electrons. The van der Waals surface area contributed by atoms with Gasteiger partial charge < -0.3 is 10.5 Å². The van der Waals surface area contributed by atoms with E-state index in [0.717, 1.165) is 38.0 Å². The highest BCUT2D eigenvalue weighted by Crippen LogP contribution is 2.51. The van der Waals surface area contributed by atoms with E-state index in [1.54, 1.807) is 13.3 Å². The number of amides is 1. The van der Waals surface area contributed by atoms with Crippen LogP contribution in [0.5, 0.6) is 0 Å². The second-order valence-electron chi connectivity index (χ2n) is 7.90. The fraction of sp³-hybridized carbons (Fsp3) is 0.550. The van der Waals surface area contributed by atoms with Gasteiger partial charge in [0, 0.05) is 38.2 Å². The summed E-state index contributed by atoms with van der Waals surface area (Å²) in [6, 6.07) is 3.82. The average Bonchev–Trinajstić information content (AvgIpc) is 3.06. The van der Waals surface area contributed by atoms with Crippen molar-refractivity contribution in [2.45, 2.75) is 31.4 Å². The maximum Gasteiger partial charge on any atom is 0.267 e. The minimum atomic E-state index is -0.495. The number of aromatic nitrogens is 3. The molecule has 2 atom stereocenters. The molecule has 27 heavy (non-hydrogen) atoms. The zero-order valence-corrected chi connectivity index (χ0v) is 16.0. The number of ether oxygens (including phenoxy) is 1. The second kappa shape index (κ2) is 7.05. The molecular weight excluding hydrogens is 342 g/mol. The number of nitrogens with two attached hydrogens (primary N) is 1. The van der Waals surface area contributed by atoms with Crippen LogP contribution in [0.4, 0.5) is 0 Å². The molecule has 3 N–H and O–H groups in total. The SMILES string of the molecule is COC1(c2ccnc(C(N)=O)c2)C2CCCC1CN(Cc1c[n+](C)c[nH]1)C2. The van der Waals surface area contributed by atoms with Crippen LogP contribution >= 0.6 is 0 Å². The van der Waals surface area contributed by atoms with Crippen molar-refractivity contribution in [1.82, 2.24) is 14.9 Å². The Bertz CT molecular complexity index is 819. The van der Waals surface area contributed by atoms with Gasteiger partial charge in [0.2, 0.25) is 6.33 Å². The molecular formula is C20H28N5O2+. The van der Waals surface area contributed by atoms with Gasteiger partial charge in [-0.3, -0.25) is 14.7 Å². The monoisotopic (exact) mass is 370 g/mol. The van der Waals surface area contributed by atoms with Crippen LogP contribution in [-0.2, 0) is 23.9 Å². The number of aromatic amines is 1. The van der Waals surface area contributed by atoms with Crippen molar-refractivity contribution >= 4 is 5.91 Å². The van der Waals surface area contributed by atoms with E-state index in [1.165, 1.54) is 12.1 Å². The molecule has 1 aliphatic heterocycles. The lowest BCUT2D eigenvalue weighted by atomic mass is 9.62. The zero-order chi connectivity index (χ0) is 19.0. The van der Waals surface area contributed by atoms with Gasteiger partial charge in [0.15, 0.2) is 5.69 Å². The Hall–Kier alpha value is -2.25. The Morgan fingerprint density at radius 3 is 2.78 bits per heavy atom. The highest BCUT2D eigenvalue weighted by molar-refractivity contribution is 5.90. The molecule has 0 aromatic carbocycles. The van der Waals surface area contributed by atoms with Gasteiger partial charge in [-0.25, -0.2) is 9.55 Å². The normalized spacial score (nSPS) is 28.2. The summed E-state index contributed by atoms with van der Waals surface area (Å²) in [6.45, 7) is 2.86. The fourth-order valence-electron chi connectivity index (χ4n) is 5.22. The smallest absolute Gasteiger partial charge is 0.267 e. The highest BCUT2D eigenvalue weighted by atomic mass is 16.5. The van der Waals surface area contributed by atoms with Crippen molar-refractivity contribution in [3.8, 4) is 0 Å². The summed E-state index contributed by atoms with van der Waals surface area (Å²) in [5.74, 6) is 0.258. The van der Waals surface area contributed by atoms with E-state index in [9.17, 15) is 4.79 Å². The lowest BCUT2D eigenvalue weighted by Gasteiger charge is -2.55. The fourth-order valence-corrected chi connectivity index (χ4v) is 5.22. The first-order chi connectivity index (χ1) is 13.0. The summed E-state index contributed by atoms with van der Waals surface area (Å²) in [4.78, 5) is 21.6. The molecule has 7 nitrogen and oxygen atoms in total. The number of methoxy groups -OCH3 is 1. The first-order valence-corrected chi connectivity index (χ1v) is 9.59. The summed E-state index contributed by atoms with van der Waals surface area (Å²) in [5.41, 5.74) is 7.66. The first kappa shape index (κ1) is 18.1. The van der Waals surface area contributed by atoms with Crippen molar-refractivity contribution in [3.63, 3.8) is 0 Å². The molecule has 1 saturated heterocycles. The average molecular weight is 370 g/mol. The number of primary amides is 1. The van der Waals surface area contributed by atoms with E-state index in [0.29, 0.717) is 17.5 Å². The first-order valence-electron chi connectivity index (χ1n) is 9.59. The van der Waals surface area contributed by atoms with Crippen LogP contribution in [0.2, 0.25) is 0 Å². The molecule has 2 aromatic rings. The van der Waals surface area contributed by atoms with Crippen LogP contribution in [0.1, 0.15) is 41.0 Å². The van der Waals surface area contributed by atoms with Crippen molar-refractivity contribution in [1.29, 1.82) is 0 Å². The largest absolute Gasteiger partial charge is 0.373 e. The van der Waals surface area contributed by atoms with Gasteiger partial charge in [0.25, 0.3) is 5.91 Å². The summed E-state index contributed by atoms with van der Waals surface area (Å²) >= 11 is 0. The number of hydrogen-bond donors (Lipinski definition) is 2. The number of nitrogens with zero attached hydrogens (tertiary/aromatic N) is 3. The number of imidazole rings is 1. The molecule has 7 heteroatoms. The number of nitrogens with one attached hydrogen (secondary N) is 1. The molecule has 4 rings (SSSR count). The van der Waals surface area contributed by atoms with E-state index in [-0.39, 0.29) is 5.60 Å². The maximum absolute atomic E-state index is 11.6. The number of pyridine rings is 1. The Kier molecular flexibility index (Phi) is 4.74. The lowest BCUT2D eigenvalue weighted by molar-refractivity contribution is -0.670. The number of rotatable bonds is 5. The molecule has 2 unspecified atom stereocenters. The minimum Gasteiger partial charge on any atom is -0.373 e. The number of fused-ring (bicyclic) bond motifs is 2. The van der Waals surface area contributed by atoms with Crippen molar-refractivity contribution in [3.05, 3.63) is 47.8 Å². The van der Waals surface area contributed by atoms with Crippen LogP contribution < -0.4 is 10.3 Å². The number of likely N-dealkylation sites (tertiary alicyclic amines) is 1. The molecule has 1 amide bonds. The molecule has 144 valence electrons. The Balaban J connectivity index is 1.64. The number of H-pyrrole nitrogens is 1. The van der Waals surface area contributed by atoms with E-state index in [2.05, 4.69) is 21.1 Å². The van der Waals surface area contributed by atoms with Gasteiger partial charge in [-0.05, 0) is 30.5 Å². The molecule has 1 aliphatic carbocycles. The van der Waals surface area contributed by atoms with Gasteiger partial charge in [0.05, 0.1) is 13.6 Å². The van der Waals surface area contributed by atoms with Crippen LogP contribution in [0.3, 0.4) is 0 Å². The van der Waals surface area contributed by atoms with Crippen molar-refractivity contribution in [2.24, 2.45) is 24.6 Å². The van der Waals surface area contributed by atoms with Crippen LogP contribution in [-0.4, -0.2) is 41.0 Å². The molecule has 1 saturated carbocycles. The molecule has 3 heterocycles. The third kappa shape index (κ3) is 3.15. The van der Waals surface area contributed by atoms with Gasteiger partial charge in [-0.1, -0.05) is 6.42 Å². The molecule has 2 fully saturated rings. The Morgan fingerprint density at radius 2 is 2.19 bits per heavy atom. The van der Waals surface area contributed by atoms with Gasteiger partial charge in [-0.2, -0.15) is 0 Å². The number of carbonyl (C=O) groups is 1. The summed E-state index contributed by atoms with van der Waals surface area (Å²) in [7, 11) is 3.83. The number of piperidine rings is 1. The van der Waals surface area contributed by atoms with Crippen molar-refractivity contribution in [2.75, 3.05) is 20.2 Å². The number of aryl methyl sites for hydroxylation is 1. The lowest BCUT2D eigenvalue weighted by Crippen LogP contribution is -2.58. The predicted octanol–water partition coefficient (Wildman–Crippen LogP) is 1.11. The van der Waals surface area contributed by atoms with E-state index in [1.807, 2.05) is 30.1 Å². The summed E-state index contributed by atoms with van der Waals surface area (Å²) in [6.07, 6.45) is 9.25. The van der Waals surface area contributed by atoms with E-state index >= 15 is 0 Å². The standard InChI is InChI=1S/C20H27N5O2/c1-24-11-17(23-13-24)12-25-9-15-4-3-5-16(10-25)20(15,27-2)14-6-7-22-18(8-14)19(21)26/h6-8,11,13,15-16H,3-5,9-10,12H2,1-2H3,(H2,21,26)/p+1. The third-order valence-corrected chi connectivity index (χ3v) is 6.28. The van der Waals surface area contributed by atoms with Gasteiger partial charge in [-0.15, -0.1) is 0 Å². The molecule has 2 aliphatic rings. The maximum atomic E-state index is 11.6. The van der Waals surface area contributed by atoms with E-state index in [4.69, 9.17) is 10.5 Å². The topological polar surface area (TPSA) is 88.1 Å². The van der Waals surface area contributed by atoms with Crippen LogP contribution in [0.25, 0.3) is 0 Å². The summed E-state index contributed by atoms with van der Waals surface area (Å²) in [5, 5.41) is 0. The Labute approximate surface area is 159 Å². The third-order valence-electron chi connectivity index (χ3n) is 6.28. The second-order valence-corrected chi connectivity index (χ2v) is 7.90. The van der Waals surface area contributed by atoms with Crippen LogP contribution in [0.15, 0.2) is 30.9 Å². The van der Waals surface area contributed by atoms with Crippen LogP contribution in [0, 0.1) is 11.8 Å². The number of carbonyl (C=O) groups excluding carboxylic acids is 1. The predicted molar refractivity (Wildman–Crippen MR) is 99.5 cm³/mol. The Morgan fingerprint density at radius 1 is 1.44 bits per heavy atom. The molecule has 2 bridgehead atoms. The van der Waals surface area contributed by atoms with Gasteiger partial charge in [0.1, 0.15) is 17.5 Å². The quantitative estimate of drug-likeness (QED) is 0.772. The van der Waals surface area contributed by atoms with Gasteiger partial charge >= 0.3 is 0 Å². The molecule has 0 spiro atoms. The molecule has 2 aromatic heterocycles. The van der Waals surface area contributed by atoms with Crippen molar-refractivity contribution < 1.29 is 14.1 Å². The minimum absolute atomic E-state index is 0.309. The number of hydrogen-bond acceptors (Lipinski definition) is 4. The highest BCUT2D eigenvalue weighted by Gasteiger charge is 2.53. The zero-order valence-electron chi connectivity index (χ0n) is 16.0. The summed E-state index contributed by atoms with van der Waals surface area (Å²) < 4.78 is 8.29.